The van der Waals surface area contributed by atoms with E-state index in [9.17, 15) is 9.90 Å². The van der Waals surface area contributed by atoms with Crippen LogP contribution in [0.25, 0.3) is 0 Å². The Kier molecular flexibility index (Phi) is 6.52. The van der Waals surface area contributed by atoms with Crippen LogP contribution in [0.2, 0.25) is 0 Å². The molecule has 0 aromatic rings. The smallest absolute Gasteiger partial charge is 0.0780 e. The minimum absolute atomic E-state index is 0.534. The summed E-state index contributed by atoms with van der Waals surface area (Å²) in [5.74, 6) is -1.14. The zero-order valence-corrected chi connectivity index (χ0v) is 10.2. The Morgan fingerprint density at radius 2 is 1.73 bits per heavy atom. The molecule has 0 bridgehead atoms. The number of carboxylic acid groups (broad SMARTS) is 1. The number of carbonyl (C=O) groups is 1. The molecule has 0 aromatic carbocycles. The van der Waals surface area contributed by atoms with E-state index in [0.717, 1.165) is 30.3 Å². The van der Waals surface area contributed by atoms with Crippen molar-refractivity contribution in [1.29, 1.82) is 0 Å². The molecule has 90 valence electrons. The maximum atomic E-state index is 10.3. The normalized spacial score (nSPS) is 13.9. The molecule has 0 aliphatic rings. The molecule has 0 amide bonds. The molecular weight excluding hydrogens is 192 g/mol. The van der Waals surface area contributed by atoms with Gasteiger partial charge in [0.1, 0.15) is 0 Å². The topological polar surface area (TPSA) is 66.2 Å². The number of quaternary nitrogens is 1. The van der Waals surface area contributed by atoms with E-state index in [1.807, 2.05) is 0 Å². The van der Waals surface area contributed by atoms with E-state index in [0.29, 0.717) is 6.42 Å². The first-order valence-electron chi connectivity index (χ1n) is 5.60. The number of unbranched alkanes of at least 4 members (excludes halogenated alkanes) is 3. The first-order chi connectivity index (χ1) is 6.83. The Morgan fingerprint density at radius 3 is 2.20 bits per heavy atom. The average molecular weight is 216 g/mol. The van der Waals surface area contributed by atoms with Crippen LogP contribution in [-0.2, 0) is 4.79 Å². The summed E-state index contributed by atoms with van der Waals surface area (Å²) in [6.45, 7) is 1.16. The third-order valence-corrected chi connectivity index (χ3v) is 2.40. The molecule has 0 heterocycles. The number of nitrogens with two attached hydrogens (primary N) is 1. The van der Waals surface area contributed by atoms with Gasteiger partial charge in [0, 0.05) is 6.04 Å². The Morgan fingerprint density at radius 1 is 1.20 bits per heavy atom. The predicted octanol–water partition coefficient (Wildman–Crippen LogP) is -0.280. The van der Waals surface area contributed by atoms with E-state index in [4.69, 9.17) is 5.73 Å². The van der Waals surface area contributed by atoms with Crippen LogP contribution in [0.15, 0.2) is 0 Å². The summed E-state index contributed by atoms with van der Waals surface area (Å²) >= 11 is 0. The van der Waals surface area contributed by atoms with Crippen molar-refractivity contribution < 1.29 is 14.4 Å². The maximum absolute atomic E-state index is 10.3. The van der Waals surface area contributed by atoms with E-state index in [-0.39, 0.29) is 0 Å². The second-order valence-corrected chi connectivity index (χ2v) is 5.14. The van der Waals surface area contributed by atoms with Gasteiger partial charge in [-0.1, -0.05) is 12.8 Å². The molecule has 0 spiro atoms. The molecule has 0 saturated carbocycles. The SMILES string of the molecule is C[N+](C)(C)CCCCCC[C@@H](N)C(=O)[O-]. The molecule has 4 heteroatoms. The zero-order valence-electron chi connectivity index (χ0n) is 10.2. The van der Waals surface area contributed by atoms with E-state index in [1.54, 1.807) is 0 Å². The lowest BCUT2D eigenvalue weighted by molar-refractivity contribution is -0.870. The van der Waals surface area contributed by atoms with Gasteiger partial charge in [-0.05, 0) is 19.3 Å². The summed E-state index contributed by atoms with van der Waals surface area (Å²) in [6, 6.07) is -0.789. The van der Waals surface area contributed by atoms with Gasteiger partial charge in [-0.3, -0.25) is 0 Å². The van der Waals surface area contributed by atoms with Crippen LogP contribution < -0.4 is 10.8 Å². The van der Waals surface area contributed by atoms with Crippen molar-refractivity contribution in [2.24, 2.45) is 5.73 Å². The minimum atomic E-state index is -1.14. The van der Waals surface area contributed by atoms with E-state index < -0.39 is 12.0 Å². The fourth-order valence-corrected chi connectivity index (χ4v) is 1.42. The molecule has 0 radical (unpaired) electrons. The van der Waals surface area contributed by atoms with Crippen molar-refractivity contribution in [2.45, 2.75) is 38.1 Å². The predicted molar refractivity (Wildman–Crippen MR) is 59.0 cm³/mol. The molecule has 0 aromatic heterocycles. The molecule has 15 heavy (non-hydrogen) atoms. The van der Waals surface area contributed by atoms with Gasteiger partial charge in [-0.2, -0.15) is 0 Å². The zero-order chi connectivity index (χ0) is 11.9. The summed E-state index contributed by atoms with van der Waals surface area (Å²) in [4.78, 5) is 10.3. The minimum Gasteiger partial charge on any atom is -0.548 e. The van der Waals surface area contributed by atoms with Gasteiger partial charge in [-0.15, -0.1) is 0 Å². The maximum Gasteiger partial charge on any atom is 0.0780 e. The fraction of sp³-hybridized carbons (Fsp3) is 0.909. The lowest BCUT2D eigenvalue weighted by atomic mass is 10.1. The second-order valence-electron chi connectivity index (χ2n) is 5.14. The van der Waals surface area contributed by atoms with Gasteiger partial charge in [0.25, 0.3) is 0 Å². The monoisotopic (exact) mass is 216 g/mol. The summed E-state index contributed by atoms with van der Waals surface area (Å²) in [5, 5.41) is 10.3. The van der Waals surface area contributed by atoms with Crippen LogP contribution in [-0.4, -0.2) is 44.2 Å². The highest BCUT2D eigenvalue weighted by atomic mass is 16.4. The molecule has 4 nitrogen and oxygen atoms in total. The van der Waals surface area contributed by atoms with Crippen molar-refractivity contribution >= 4 is 5.97 Å². The van der Waals surface area contributed by atoms with Crippen molar-refractivity contribution in [1.82, 2.24) is 0 Å². The summed E-state index contributed by atoms with van der Waals surface area (Å²) in [6.07, 6.45) is 4.80. The Balaban J connectivity index is 3.29. The highest BCUT2D eigenvalue weighted by molar-refractivity contribution is 5.70. The molecule has 0 aliphatic carbocycles. The molecule has 2 N–H and O–H groups in total. The van der Waals surface area contributed by atoms with E-state index in [1.165, 1.54) is 6.42 Å². The number of carbonyl (C=O) groups excluding carboxylic acids is 1. The van der Waals surface area contributed by atoms with Crippen LogP contribution in [0, 0.1) is 0 Å². The first kappa shape index (κ1) is 14.4. The molecule has 0 rings (SSSR count). The number of aliphatic carboxylic acids is 1. The van der Waals surface area contributed by atoms with E-state index in [2.05, 4.69) is 21.1 Å². The Hall–Kier alpha value is -0.610. The van der Waals surface area contributed by atoms with Crippen LogP contribution >= 0.6 is 0 Å². The standard InChI is InChI=1S/C11H24N2O2/c1-13(2,3)9-7-5-4-6-8-10(12)11(14)15/h10H,4-9,12H2,1-3H3/t10-/m1/s1. The third kappa shape index (κ3) is 9.69. The number of rotatable bonds is 8. The summed E-state index contributed by atoms with van der Waals surface area (Å²) < 4.78 is 0.985. The van der Waals surface area contributed by atoms with Crippen molar-refractivity contribution in [3.05, 3.63) is 0 Å². The second kappa shape index (κ2) is 6.80. The Labute approximate surface area is 92.7 Å². The van der Waals surface area contributed by atoms with Gasteiger partial charge in [0.2, 0.25) is 0 Å². The molecule has 0 unspecified atom stereocenters. The van der Waals surface area contributed by atoms with Crippen LogP contribution in [0.1, 0.15) is 32.1 Å². The number of hydrogen-bond donors (Lipinski definition) is 1. The third-order valence-electron chi connectivity index (χ3n) is 2.40. The lowest BCUT2D eigenvalue weighted by Gasteiger charge is -2.23. The first-order valence-corrected chi connectivity index (χ1v) is 5.60. The quantitative estimate of drug-likeness (QED) is 0.448. The van der Waals surface area contributed by atoms with Gasteiger partial charge in [0.15, 0.2) is 0 Å². The van der Waals surface area contributed by atoms with Gasteiger partial charge < -0.3 is 20.1 Å². The fourth-order valence-electron chi connectivity index (χ4n) is 1.42. The van der Waals surface area contributed by atoms with Gasteiger partial charge in [0.05, 0.1) is 33.7 Å². The number of nitrogens with zero attached hydrogens (tertiary/aromatic N) is 1. The highest BCUT2D eigenvalue weighted by Gasteiger charge is 2.06. The molecular formula is C11H24N2O2. The largest absolute Gasteiger partial charge is 0.548 e. The van der Waals surface area contributed by atoms with E-state index >= 15 is 0 Å². The molecule has 0 saturated heterocycles. The van der Waals surface area contributed by atoms with Crippen molar-refractivity contribution in [2.75, 3.05) is 27.7 Å². The van der Waals surface area contributed by atoms with Gasteiger partial charge in [-0.25, -0.2) is 0 Å². The van der Waals surface area contributed by atoms with Gasteiger partial charge >= 0.3 is 0 Å². The highest BCUT2D eigenvalue weighted by Crippen LogP contribution is 2.06. The van der Waals surface area contributed by atoms with Crippen LogP contribution in [0.3, 0.4) is 0 Å². The average Bonchev–Trinajstić information content (AvgIpc) is 2.08. The summed E-state index contributed by atoms with van der Waals surface area (Å²) in [5.41, 5.74) is 5.34. The molecule has 1 atom stereocenters. The lowest BCUT2D eigenvalue weighted by Crippen LogP contribution is -2.41. The molecule has 0 aliphatic heterocycles. The summed E-state index contributed by atoms with van der Waals surface area (Å²) in [7, 11) is 6.52. The van der Waals surface area contributed by atoms with Crippen LogP contribution in [0.4, 0.5) is 0 Å². The van der Waals surface area contributed by atoms with Crippen molar-refractivity contribution in [3.8, 4) is 0 Å². The van der Waals surface area contributed by atoms with Crippen LogP contribution in [0.5, 0.6) is 0 Å². The Bertz CT molecular complexity index is 188. The number of carboxylic acids is 1. The number of hydrogen-bond acceptors (Lipinski definition) is 3. The van der Waals surface area contributed by atoms with Crippen molar-refractivity contribution in [3.63, 3.8) is 0 Å². The molecule has 0 fully saturated rings.